The lowest BCUT2D eigenvalue weighted by molar-refractivity contribution is 0.134. The van der Waals surface area contributed by atoms with Crippen molar-refractivity contribution < 1.29 is 9.47 Å². The van der Waals surface area contributed by atoms with Gasteiger partial charge in [0.1, 0.15) is 5.82 Å². The highest BCUT2D eigenvalue weighted by Gasteiger charge is 2.37. The van der Waals surface area contributed by atoms with Gasteiger partial charge in [-0.05, 0) is 97.0 Å². The molecule has 0 spiro atoms. The first-order valence-corrected chi connectivity index (χ1v) is 13.4. The molecule has 4 rings (SSSR count). The van der Waals surface area contributed by atoms with Crippen molar-refractivity contribution >= 4 is 17.5 Å². The molecule has 8 nitrogen and oxygen atoms in total. The normalized spacial score (nSPS) is 19.7. The fourth-order valence-corrected chi connectivity index (χ4v) is 5.92. The summed E-state index contributed by atoms with van der Waals surface area (Å²) in [6.45, 7) is 14.2. The van der Waals surface area contributed by atoms with Gasteiger partial charge in [0.2, 0.25) is 5.95 Å². The van der Waals surface area contributed by atoms with E-state index in [4.69, 9.17) is 14.5 Å². The van der Waals surface area contributed by atoms with Gasteiger partial charge in [-0.15, -0.1) is 0 Å². The molecule has 0 saturated carbocycles. The van der Waals surface area contributed by atoms with Gasteiger partial charge in [0.05, 0.1) is 13.7 Å². The molecule has 3 heterocycles. The molecule has 0 unspecified atom stereocenters. The van der Waals surface area contributed by atoms with Crippen LogP contribution < -0.4 is 25.4 Å². The van der Waals surface area contributed by atoms with E-state index >= 15 is 0 Å². The minimum Gasteiger partial charge on any atom is -0.493 e. The summed E-state index contributed by atoms with van der Waals surface area (Å²) in [6, 6.07) is 7.75. The van der Waals surface area contributed by atoms with Crippen molar-refractivity contribution in [1.82, 2.24) is 20.2 Å². The maximum absolute atomic E-state index is 6.08. The molecular weight excluding hydrogens is 452 g/mol. The SMILES string of the molecule is COc1ccc(Nc2nccc(NCC3CC(C)(C)NC(C)(C)C3)n2)cc1OCCCN1CCCC1. The number of rotatable bonds is 11. The Morgan fingerprint density at radius 1 is 1.06 bits per heavy atom. The van der Waals surface area contributed by atoms with Crippen molar-refractivity contribution in [2.24, 2.45) is 5.92 Å². The number of piperidine rings is 1. The molecule has 1 aromatic carbocycles. The Kier molecular flexibility index (Phi) is 8.57. The highest BCUT2D eigenvalue weighted by molar-refractivity contribution is 5.60. The van der Waals surface area contributed by atoms with E-state index in [0.717, 1.165) is 55.4 Å². The lowest BCUT2D eigenvalue weighted by atomic mass is 9.76. The Bertz CT molecular complexity index is 974. The zero-order chi connectivity index (χ0) is 25.6. The molecule has 2 aromatic rings. The predicted molar refractivity (Wildman–Crippen MR) is 147 cm³/mol. The topological polar surface area (TPSA) is 83.6 Å². The molecule has 2 saturated heterocycles. The molecule has 0 atom stereocenters. The first kappa shape index (κ1) is 26.5. The van der Waals surface area contributed by atoms with E-state index in [2.05, 4.69) is 53.5 Å². The number of ether oxygens (including phenoxy) is 2. The molecule has 2 aliphatic rings. The zero-order valence-corrected chi connectivity index (χ0v) is 22.7. The highest BCUT2D eigenvalue weighted by Crippen LogP contribution is 2.33. The molecule has 0 bridgehead atoms. The summed E-state index contributed by atoms with van der Waals surface area (Å²) >= 11 is 0. The summed E-state index contributed by atoms with van der Waals surface area (Å²) < 4.78 is 11.6. The molecule has 0 amide bonds. The summed E-state index contributed by atoms with van der Waals surface area (Å²) in [5, 5.41) is 10.6. The van der Waals surface area contributed by atoms with E-state index < -0.39 is 0 Å². The summed E-state index contributed by atoms with van der Waals surface area (Å²) in [5.74, 6) is 3.42. The number of hydrogen-bond acceptors (Lipinski definition) is 8. The van der Waals surface area contributed by atoms with Gasteiger partial charge in [-0.25, -0.2) is 4.98 Å². The van der Waals surface area contributed by atoms with Crippen LogP contribution in [-0.2, 0) is 0 Å². The van der Waals surface area contributed by atoms with Gasteiger partial charge in [0.25, 0.3) is 0 Å². The third-order valence-electron chi connectivity index (χ3n) is 7.00. The average Bonchev–Trinajstić information content (AvgIpc) is 3.33. The second kappa shape index (κ2) is 11.6. The van der Waals surface area contributed by atoms with E-state index in [9.17, 15) is 0 Å². The largest absolute Gasteiger partial charge is 0.493 e. The van der Waals surface area contributed by atoms with Gasteiger partial charge < -0.3 is 30.3 Å². The number of likely N-dealkylation sites (tertiary alicyclic amines) is 1. The predicted octanol–water partition coefficient (Wildman–Crippen LogP) is 5.06. The third kappa shape index (κ3) is 7.71. The molecule has 198 valence electrons. The Labute approximate surface area is 216 Å². The maximum atomic E-state index is 6.08. The fraction of sp³-hybridized carbons (Fsp3) is 0.643. The Hall–Kier alpha value is -2.58. The Balaban J connectivity index is 1.32. The number of aromatic nitrogens is 2. The molecule has 0 aliphatic carbocycles. The van der Waals surface area contributed by atoms with Crippen LogP contribution in [0.25, 0.3) is 0 Å². The molecule has 1 aromatic heterocycles. The van der Waals surface area contributed by atoms with Crippen molar-refractivity contribution in [3.05, 3.63) is 30.5 Å². The van der Waals surface area contributed by atoms with Crippen LogP contribution in [0.1, 0.15) is 59.8 Å². The summed E-state index contributed by atoms with van der Waals surface area (Å²) in [5.41, 5.74) is 1.13. The number of methoxy groups -OCH3 is 1. The maximum Gasteiger partial charge on any atom is 0.229 e. The summed E-state index contributed by atoms with van der Waals surface area (Å²) in [6.07, 6.45) is 7.68. The van der Waals surface area contributed by atoms with Crippen LogP contribution in [0.4, 0.5) is 17.5 Å². The van der Waals surface area contributed by atoms with Crippen LogP contribution in [0.2, 0.25) is 0 Å². The molecule has 0 radical (unpaired) electrons. The van der Waals surface area contributed by atoms with Gasteiger partial charge in [-0.2, -0.15) is 4.98 Å². The smallest absolute Gasteiger partial charge is 0.229 e. The lowest BCUT2D eigenvalue weighted by Gasteiger charge is -2.46. The highest BCUT2D eigenvalue weighted by atomic mass is 16.5. The van der Waals surface area contributed by atoms with Crippen LogP contribution in [0.3, 0.4) is 0 Å². The number of nitrogens with one attached hydrogen (secondary N) is 3. The summed E-state index contributed by atoms with van der Waals surface area (Å²) in [4.78, 5) is 11.6. The first-order valence-electron chi connectivity index (χ1n) is 13.4. The van der Waals surface area contributed by atoms with Gasteiger partial charge in [-0.1, -0.05) is 0 Å². The van der Waals surface area contributed by atoms with Crippen LogP contribution in [0.15, 0.2) is 30.5 Å². The van der Waals surface area contributed by atoms with Crippen LogP contribution in [0, 0.1) is 5.92 Å². The van der Waals surface area contributed by atoms with Gasteiger partial charge in [-0.3, -0.25) is 0 Å². The van der Waals surface area contributed by atoms with E-state index in [-0.39, 0.29) is 11.1 Å². The van der Waals surface area contributed by atoms with Crippen molar-refractivity contribution in [3.63, 3.8) is 0 Å². The van der Waals surface area contributed by atoms with Gasteiger partial charge in [0, 0.05) is 42.1 Å². The quantitative estimate of drug-likeness (QED) is 0.372. The van der Waals surface area contributed by atoms with E-state index in [1.807, 2.05) is 24.3 Å². The molecule has 3 N–H and O–H groups in total. The monoisotopic (exact) mass is 496 g/mol. The average molecular weight is 497 g/mol. The second-order valence-electron chi connectivity index (χ2n) is 11.6. The second-order valence-corrected chi connectivity index (χ2v) is 11.6. The molecular formula is C28H44N6O2. The molecule has 8 heteroatoms. The van der Waals surface area contributed by atoms with Crippen molar-refractivity contribution in [3.8, 4) is 11.5 Å². The van der Waals surface area contributed by atoms with Crippen molar-refractivity contribution in [1.29, 1.82) is 0 Å². The van der Waals surface area contributed by atoms with E-state index in [0.29, 0.717) is 18.5 Å². The van der Waals surface area contributed by atoms with Crippen molar-refractivity contribution in [2.45, 2.75) is 70.9 Å². The molecule has 2 fully saturated rings. The standard InChI is InChI=1S/C28H44N6O2/c1-27(2)18-21(19-28(3,4)33-27)20-30-25-11-12-29-26(32-25)31-22-9-10-23(35-5)24(17-22)36-16-8-15-34-13-6-7-14-34/h9-12,17,21,33H,6-8,13-16,18-20H2,1-5H3,(H2,29,30,31,32). The van der Waals surface area contributed by atoms with E-state index in [1.54, 1.807) is 13.3 Å². The first-order chi connectivity index (χ1) is 17.2. The summed E-state index contributed by atoms with van der Waals surface area (Å²) in [7, 11) is 1.67. The van der Waals surface area contributed by atoms with Gasteiger partial charge in [0.15, 0.2) is 11.5 Å². The van der Waals surface area contributed by atoms with Crippen LogP contribution >= 0.6 is 0 Å². The van der Waals surface area contributed by atoms with Crippen molar-refractivity contribution in [2.75, 3.05) is 50.5 Å². The van der Waals surface area contributed by atoms with Gasteiger partial charge >= 0.3 is 0 Å². The number of nitrogens with zero attached hydrogens (tertiary/aromatic N) is 3. The Morgan fingerprint density at radius 2 is 1.81 bits per heavy atom. The minimum atomic E-state index is 0.134. The fourth-order valence-electron chi connectivity index (χ4n) is 5.92. The Morgan fingerprint density at radius 3 is 2.53 bits per heavy atom. The number of anilines is 3. The van der Waals surface area contributed by atoms with Crippen LogP contribution in [-0.4, -0.2) is 65.8 Å². The number of hydrogen-bond donors (Lipinski definition) is 3. The van der Waals surface area contributed by atoms with E-state index in [1.165, 1.54) is 25.9 Å². The third-order valence-corrected chi connectivity index (χ3v) is 7.00. The molecule has 2 aliphatic heterocycles. The lowest BCUT2D eigenvalue weighted by Crippen LogP contribution is -2.58. The number of benzene rings is 1. The van der Waals surface area contributed by atoms with Crippen LogP contribution in [0.5, 0.6) is 11.5 Å². The zero-order valence-electron chi connectivity index (χ0n) is 22.7. The molecule has 36 heavy (non-hydrogen) atoms. The minimum absolute atomic E-state index is 0.134.